The molecule has 0 bridgehead atoms. The van der Waals surface area contributed by atoms with Crippen molar-refractivity contribution in [3.63, 3.8) is 0 Å². The minimum atomic E-state index is -0.234. The highest BCUT2D eigenvalue weighted by atomic mass is 32.2. The van der Waals surface area contributed by atoms with Gasteiger partial charge in [-0.1, -0.05) is 72.9 Å². The van der Waals surface area contributed by atoms with Gasteiger partial charge in [0.2, 0.25) is 5.91 Å². The Bertz CT molecular complexity index is 1430. The van der Waals surface area contributed by atoms with E-state index in [0.717, 1.165) is 36.1 Å². The second-order valence-electron chi connectivity index (χ2n) is 10.0. The van der Waals surface area contributed by atoms with Crippen LogP contribution in [0, 0.1) is 0 Å². The molecule has 0 aliphatic carbocycles. The second kappa shape index (κ2) is 14.2. The number of unbranched alkanes of at least 4 members (excludes halogenated alkanes) is 2. The van der Waals surface area contributed by atoms with E-state index in [1.165, 1.54) is 23.5 Å². The number of thioether (sulfide) groups is 2. The SMILES string of the molecule is COc1ccc(C=C2SC(N3CCN(C(=O)CCCCCN4C(=O)C(=Cc5ccccc5)SC4=S)CC3)=NC2=O)cc1. The zero-order valence-electron chi connectivity index (χ0n) is 23.4. The Morgan fingerprint density at radius 1 is 0.905 bits per heavy atom. The molecule has 0 unspecified atom stereocenters. The quantitative estimate of drug-likeness (QED) is 0.213. The first kappa shape index (κ1) is 30.1. The number of hydrogen-bond donors (Lipinski definition) is 0. The molecular weight excluding hydrogens is 589 g/mol. The highest BCUT2D eigenvalue weighted by Crippen LogP contribution is 2.33. The number of amides is 3. The van der Waals surface area contributed by atoms with E-state index >= 15 is 0 Å². The van der Waals surface area contributed by atoms with Crippen molar-refractivity contribution < 1.29 is 19.1 Å². The normalized spacial score (nSPS) is 19.3. The van der Waals surface area contributed by atoms with Gasteiger partial charge in [0.25, 0.3) is 11.8 Å². The number of hydrogen-bond acceptors (Lipinski definition) is 8. The second-order valence-corrected chi connectivity index (χ2v) is 12.7. The number of carbonyl (C=O) groups is 3. The molecule has 2 aromatic rings. The number of benzene rings is 2. The van der Waals surface area contributed by atoms with Crippen molar-refractivity contribution in [2.45, 2.75) is 25.7 Å². The van der Waals surface area contributed by atoms with Gasteiger partial charge in [0.1, 0.15) is 10.1 Å². The number of thiocarbonyl (C=S) groups is 1. The van der Waals surface area contributed by atoms with Crippen LogP contribution in [0.2, 0.25) is 0 Å². The van der Waals surface area contributed by atoms with Crippen LogP contribution in [0.4, 0.5) is 0 Å². The number of amidine groups is 1. The smallest absolute Gasteiger partial charge is 0.286 e. The van der Waals surface area contributed by atoms with Gasteiger partial charge in [-0.15, -0.1) is 0 Å². The van der Waals surface area contributed by atoms with Gasteiger partial charge in [-0.2, -0.15) is 4.99 Å². The minimum absolute atomic E-state index is 0.0436. The molecule has 42 heavy (non-hydrogen) atoms. The van der Waals surface area contributed by atoms with Gasteiger partial charge in [-0.25, -0.2) is 0 Å². The van der Waals surface area contributed by atoms with Crippen molar-refractivity contribution in [3.05, 3.63) is 75.5 Å². The fraction of sp³-hybridized carbons (Fsp3) is 0.323. The lowest BCUT2D eigenvalue weighted by molar-refractivity contribution is -0.132. The van der Waals surface area contributed by atoms with E-state index < -0.39 is 0 Å². The maximum absolute atomic E-state index is 12.8. The number of piperazine rings is 1. The molecule has 11 heteroatoms. The van der Waals surface area contributed by atoms with Crippen molar-refractivity contribution >= 4 is 75.1 Å². The van der Waals surface area contributed by atoms with Crippen LogP contribution >= 0.6 is 35.7 Å². The number of rotatable bonds is 9. The van der Waals surface area contributed by atoms with Gasteiger partial charge in [0.05, 0.1) is 16.9 Å². The largest absolute Gasteiger partial charge is 0.497 e. The third kappa shape index (κ3) is 7.50. The summed E-state index contributed by atoms with van der Waals surface area (Å²) < 4.78 is 5.78. The maximum atomic E-state index is 12.8. The van der Waals surface area contributed by atoms with Gasteiger partial charge >= 0.3 is 0 Å². The van der Waals surface area contributed by atoms with Crippen molar-refractivity contribution in [2.75, 3.05) is 39.8 Å². The fourth-order valence-corrected chi connectivity index (χ4v) is 7.08. The zero-order valence-corrected chi connectivity index (χ0v) is 25.8. The van der Waals surface area contributed by atoms with E-state index in [4.69, 9.17) is 17.0 Å². The number of methoxy groups -OCH3 is 1. The van der Waals surface area contributed by atoms with E-state index in [1.807, 2.05) is 71.6 Å². The Morgan fingerprint density at radius 3 is 2.31 bits per heavy atom. The average Bonchev–Trinajstić information content (AvgIpc) is 3.51. The standard InChI is InChI=1S/C31H32N4O4S3/c1-39-24-13-11-23(12-14-24)20-25-28(37)32-30(41-25)34-18-16-33(17-19-34)27(36)10-6-3-7-15-35-29(38)26(42-31(35)40)21-22-8-4-2-5-9-22/h2,4-5,8-9,11-14,20-21H,3,6-7,10,15-19H2,1H3. The van der Waals surface area contributed by atoms with E-state index in [-0.39, 0.29) is 17.7 Å². The topological polar surface area (TPSA) is 82.5 Å². The van der Waals surface area contributed by atoms with Crippen LogP contribution in [0.1, 0.15) is 36.8 Å². The van der Waals surface area contributed by atoms with Crippen molar-refractivity contribution in [2.24, 2.45) is 4.99 Å². The first-order valence-corrected chi connectivity index (χ1v) is 15.9. The Balaban J connectivity index is 1.01. The van der Waals surface area contributed by atoms with Crippen LogP contribution in [-0.4, -0.2) is 81.7 Å². The van der Waals surface area contributed by atoms with E-state index in [1.54, 1.807) is 12.0 Å². The Morgan fingerprint density at radius 2 is 1.60 bits per heavy atom. The fourth-order valence-electron chi connectivity index (χ4n) is 4.81. The summed E-state index contributed by atoms with van der Waals surface area (Å²) in [5.74, 6) is 0.629. The van der Waals surface area contributed by atoms with Gasteiger partial charge in [-0.05, 0) is 60.0 Å². The number of ether oxygens (including phenoxy) is 1. The number of nitrogens with zero attached hydrogens (tertiary/aromatic N) is 4. The Labute approximate surface area is 259 Å². The lowest BCUT2D eigenvalue weighted by Gasteiger charge is -2.35. The predicted octanol–water partition coefficient (Wildman–Crippen LogP) is 5.27. The van der Waals surface area contributed by atoms with Crippen molar-refractivity contribution in [1.29, 1.82) is 0 Å². The lowest BCUT2D eigenvalue weighted by atomic mass is 10.1. The molecule has 2 saturated heterocycles. The molecule has 2 fully saturated rings. The summed E-state index contributed by atoms with van der Waals surface area (Å²) >= 11 is 8.17. The predicted molar refractivity (Wildman–Crippen MR) is 174 cm³/mol. The molecule has 2 aromatic carbocycles. The summed E-state index contributed by atoms with van der Waals surface area (Å²) in [6.07, 6.45) is 6.61. The molecule has 0 radical (unpaired) electrons. The molecule has 0 N–H and O–H groups in total. The Kier molecular flexibility index (Phi) is 10.1. The molecule has 3 heterocycles. The van der Waals surface area contributed by atoms with Gasteiger partial charge in [0, 0.05) is 39.1 Å². The maximum Gasteiger partial charge on any atom is 0.286 e. The number of aliphatic imine (C=N–C) groups is 1. The summed E-state index contributed by atoms with van der Waals surface area (Å²) in [4.78, 5) is 49.3. The summed E-state index contributed by atoms with van der Waals surface area (Å²) in [6, 6.07) is 17.3. The molecule has 0 aromatic heterocycles. The summed E-state index contributed by atoms with van der Waals surface area (Å²) in [5, 5.41) is 0.696. The first-order valence-electron chi connectivity index (χ1n) is 13.9. The zero-order chi connectivity index (χ0) is 29.5. The molecule has 0 atom stereocenters. The van der Waals surface area contributed by atoms with Gasteiger partial charge in [-0.3, -0.25) is 19.3 Å². The van der Waals surface area contributed by atoms with Crippen molar-refractivity contribution in [1.82, 2.24) is 14.7 Å². The molecule has 0 spiro atoms. The molecule has 0 saturated carbocycles. The van der Waals surface area contributed by atoms with Gasteiger partial charge in [0.15, 0.2) is 5.17 Å². The lowest BCUT2D eigenvalue weighted by Crippen LogP contribution is -2.49. The van der Waals surface area contributed by atoms with Crippen LogP contribution in [0.3, 0.4) is 0 Å². The van der Waals surface area contributed by atoms with Crippen LogP contribution in [-0.2, 0) is 14.4 Å². The molecular formula is C31H32N4O4S3. The highest BCUT2D eigenvalue weighted by molar-refractivity contribution is 8.26. The van der Waals surface area contributed by atoms with Crippen LogP contribution in [0.25, 0.3) is 12.2 Å². The summed E-state index contributed by atoms with van der Waals surface area (Å²) in [7, 11) is 1.62. The van der Waals surface area contributed by atoms with Crippen LogP contribution < -0.4 is 4.74 Å². The monoisotopic (exact) mass is 620 g/mol. The van der Waals surface area contributed by atoms with Crippen molar-refractivity contribution in [3.8, 4) is 5.75 Å². The van der Waals surface area contributed by atoms with E-state index in [0.29, 0.717) is 58.4 Å². The third-order valence-corrected chi connectivity index (χ3v) is 9.59. The Hall–Kier alpha value is -3.41. The molecule has 3 aliphatic rings. The molecule has 8 nitrogen and oxygen atoms in total. The highest BCUT2D eigenvalue weighted by Gasteiger charge is 2.32. The number of carbonyl (C=O) groups excluding carboxylic acids is 3. The van der Waals surface area contributed by atoms with E-state index in [9.17, 15) is 14.4 Å². The van der Waals surface area contributed by atoms with Crippen LogP contribution in [0.15, 0.2) is 69.4 Å². The molecule has 218 valence electrons. The first-order chi connectivity index (χ1) is 20.4. The molecule has 3 amide bonds. The summed E-state index contributed by atoms with van der Waals surface area (Å²) in [5.41, 5.74) is 1.89. The minimum Gasteiger partial charge on any atom is -0.497 e. The van der Waals surface area contributed by atoms with Gasteiger partial charge < -0.3 is 14.5 Å². The molecule has 5 rings (SSSR count). The third-order valence-electron chi connectivity index (χ3n) is 7.17. The van der Waals surface area contributed by atoms with Crippen LogP contribution in [0.5, 0.6) is 5.75 Å². The molecule has 3 aliphatic heterocycles. The van der Waals surface area contributed by atoms with E-state index in [2.05, 4.69) is 9.89 Å². The summed E-state index contributed by atoms with van der Waals surface area (Å²) in [6.45, 7) is 3.07. The average molecular weight is 621 g/mol.